The molecule has 0 radical (unpaired) electrons. The quantitative estimate of drug-likeness (QED) is 0.778. The molecule has 1 aromatic heterocycles. The minimum Gasteiger partial charge on any atom is -0.478 e. The number of hydrogen-bond donors (Lipinski definition) is 2. The summed E-state index contributed by atoms with van der Waals surface area (Å²) in [5.74, 6) is -0.918. The van der Waals surface area contributed by atoms with E-state index < -0.39 is 5.97 Å². The monoisotopic (exact) mass is 230 g/mol. The van der Waals surface area contributed by atoms with Crippen LogP contribution in [0.2, 0.25) is 0 Å². The van der Waals surface area contributed by atoms with Crippen molar-refractivity contribution in [2.45, 2.75) is 6.92 Å². The van der Waals surface area contributed by atoms with E-state index in [-0.39, 0.29) is 0 Å². The van der Waals surface area contributed by atoms with Crippen LogP contribution >= 0.6 is 0 Å². The standard InChI is InChI=1S/C13H14N2O2/c1-8-10(13(16)17)7-15(2)12(8)9-5-3-4-6-11(9)14/h3-7H,14H2,1-2H3,(H,16,17). The van der Waals surface area contributed by atoms with Crippen molar-refractivity contribution < 1.29 is 9.90 Å². The van der Waals surface area contributed by atoms with Gasteiger partial charge in [-0.2, -0.15) is 0 Å². The molecule has 1 heterocycles. The fourth-order valence-electron chi connectivity index (χ4n) is 2.07. The molecule has 0 bridgehead atoms. The molecule has 0 saturated carbocycles. The first kappa shape index (κ1) is 11.3. The first-order chi connectivity index (χ1) is 8.02. The number of benzene rings is 1. The highest BCUT2D eigenvalue weighted by Gasteiger charge is 2.17. The SMILES string of the molecule is Cc1c(C(=O)O)cn(C)c1-c1ccccc1N. The fraction of sp³-hybridized carbons (Fsp3) is 0.154. The van der Waals surface area contributed by atoms with Gasteiger partial charge in [0.05, 0.1) is 11.3 Å². The average Bonchev–Trinajstić information content (AvgIpc) is 2.56. The van der Waals surface area contributed by atoms with E-state index in [0.29, 0.717) is 11.3 Å². The largest absolute Gasteiger partial charge is 0.478 e. The lowest BCUT2D eigenvalue weighted by Gasteiger charge is -2.08. The molecule has 3 N–H and O–H groups in total. The van der Waals surface area contributed by atoms with Gasteiger partial charge in [0.1, 0.15) is 0 Å². The highest BCUT2D eigenvalue weighted by atomic mass is 16.4. The zero-order chi connectivity index (χ0) is 12.6. The summed E-state index contributed by atoms with van der Waals surface area (Å²) in [7, 11) is 1.82. The molecule has 0 atom stereocenters. The molecule has 2 rings (SSSR count). The number of nitrogen functional groups attached to an aromatic ring is 1. The van der Waals surface area contributed by atoms with Gasteiger partial charge in [-0.25, -0.2) is 4.79 Å². The predicted octanol–water partition coefficient (Wildman–Crippen LogP) is 2.28. The van der Waals surface area contributed by atoms with E-state index >= 15 is 0 Å². The van der Waals surface area contributed by atoms with Gasteiger partial charge >= 0.3 is 5.97 Å². The Labute approximate surface area is 99.3 Å². The normalized spacial score (nSPS) is 10.5. The Hall–Kier alpha value is -2.23. The molecule has 2 aromatic rings. The Morgan fingerprint density at radius 2 is 2.00 bits per heavy atom. The van der Waals surface area contributed by atoms with Gasteiger partial charge in [0.15, 0.2) is 0 Å². The summed E-state index contributed by atoms with van der Waals surface area (Å²) >= 11 is 0. The van der Waals surface area contributed by atoms with E-state index in [0.717, 1.165) is 16.8 Å². The fourth-order valence-corrected chi connectivity index (χ4v) is 2.07. The smallest absolute Gasteiger partial charge is 0.337 e. The van der Waals surface area contributed by atoms with Crippen LogP contribution in [0.3, 0.4) is 0 Å². The highest BCUT2D eigenvalue weighted by molar-refractivity contribution is 5.93. The summed E-state index contributed by atoms with van der Waals surface area (Å²) in [5, 5.41) is 9.08. The predicted molar refractivity (Wildman–Crippen MR) is 67.0 cm³/mol. The van der Waals surface area contributed by atoms with Crippen molar-refractivity contribution in [3.05, 3.63) is 41.6 Å². The van der Waals surface area contributed by atoms with Crippen LogP contribution in [0.1, 0.15) is 15.9 Å². The Bertz CT molecular complexity index is 585. The topological polar surface area (TPSA) is 68.2 Å². The first-order valence-electron chi connectivity index (χ1n) is 5.26. The van der Waals surface area contributed by atoms with Crippen LogP contribution < -0.4 is 5.73 Å². The summed E-state index contributed by atoms with van der Waals surface area (Å²) in [6, 6.07) is 7.44. The molecule has 0 aliphatic heterocycles. The first-order valence-corrected chi connectivity index (χ1v) is 5.26. The van der Waals surface area contributed by atoms with Crippen molar-refractivity contribution in [1.29, 1.82) is 0 Å². The van der Waals surface area contributed by atoms with E-state index in [1.54, 1.807) is 17.7 Å². The molecule has 0 spiro atoms. The summed E-state index contributed by atoms with van der Waals surface area (Å²) in [5.41, 5.74) is 9.32. The van der Waals surface area contributed by atoms with Gasteiger partial charge in [0.2, 0.25) is 0 Å². The number of aryl methyl sites for hydroxylation is 1. The molecule has 4 nitrogen and oxygen atoms in total. The molecule has 0 saturated heterocycles. The number of carboxylic acids is 1. The van der Waals surface area contributed by atoms with Gasteiger partial charge < -0.3 is 15.4 Å². The van der Waals surface area contributed by atoms with E-state index in [1.165, 1.54) is 0 Å². The third kappa shape index (κ3) is 1.78. The molecule has 0 amide bonds. The zero-order valence-corrected chi connectivity index (χ0v) is 9.77. The third-order valence-electron chi connectivity index (χ3n) is 2.88. The third-order valence-corrected chi connectivity index (χ3v) is 2.88. The number of aromatic nitrogens is 1. The number of carboxylic acid groups (broad SMARTS) is 1. The number of rotatable bonds is 2. The molecule has 0 aliphatic rings. The number of anilines is 1. The summed E-state index contributed by atoms with van der Waals surface area (Å²) < 4.78 is 1.80. The minimum atomic E-state index is -0.918. The Morgan fingerprint density at radius 1 is 1.35 bits per heavy atom. The van der Waals surface area contributed by atoms with Crippen LogP contribution in [0.25, 0.3) is 11.3 Å². The second-order valence-electron chi connectivity index (χ2n) is 4.02. The van der Waals surface area contributed by atoms with Crippen molar-refractivity contribution >= 4 is 11.7 Å². The van der Waals surface area contributed by atoms with Crippen LogP contribution in [0.5, 0.6) is 0 Å². The molecule has 17 heavy (non-hydrogen) atoms. The maximum Gasteiger partial charge on any atom is 0.337 e. The maximum atomic E-state index is 11.1. The van der Waals surface area contributed by atoms with Gasteiger partial charge in [-0.15, -0.1) is 0 Å². The Balaban J connectivity index is 2.69. The summed E-state index contributed by atoms with van der Waals surface area (Å²) in [6.07, 6.45) is 1.61. The molecule has 88 valence electrons. The molecule has 4 heteroatoms. The molecule has 0 unspecified atom stereocenters. The number of carbonyl (C=O) groups is 1. The average molecular weight is 230 g/mol. The zero-order valence-electron chi connectivity index (χ0n) is 9.77. The van der Waals surface area contributed by atoms with Crippen molar-refractivity contribution in [2.75, 3.05) is 5.73 Å². The number of nitrogens with zero attached hydrogens (tertiary/aromatic N) is 1. The lowest BCUT2D eigenvalue weighted by atomic mass is 10.0. The lowest BCUT2D eigenvalue weighted by Crippen LogP contribution is -1.97. The van der Waals surface area contributed by atoms with Crippen molar-refractivity contribution in [1.82, 2.24) is 4.57 Å². The van der Waals surface area contributed by atoms with Crippen LogP contribution in [0.15, 0.2) is 30.5 Å². The molecule has 0 fully saturated rings. The van der Waals surface area contributed by atoms with Gasteiger partial charge in [-0.3, -0.25) is 0 Å². The molecular weight excluding hydrogens is 216 g/mol. The molecular formula is C13H14N2O2. The van der Waals surface area contributed by atoms with Gasteiger partial charge in [-0.1, -0.05) is 18.2 Å². The van der Waals surface area contributed by atoms with E-state index in [9.17, 15) is 4.79 Å². The van der Waals surface area contributed by atoms with Gasteiger partial charge in [0.25, 0.3) is 0 Å². The Kier molecular flexibility index (Phi) is 2.63. The number of nitrogens with two attached hydrogens (primary N) is 1. The van der Waals surface area contributed by atoms with Gasteiger partial charge in [0, 0.05) is 24.5 Å². The summed E-state index contributed by atoms with van der Waals surface area (Å²) in [4.78, 5) is 11.1. The van der Waals surface area contributed by atoms with E-state index in [1.807, 2.05) is 31.3 Å². The lowest BCUT2D eigenvalue weighted by molar-refractivity contribution is 0.0696. The van der Waals surface area contributed by atoms with Crippen molar-refractivity contribution in [3.8, 4) is 11.3 Å². The second-order valence-corrected chi connectivity index (χ2v) is 4.02. The molecule has 0 aliphatic carbocycles. The Morgan fingerprint density at radius 3 is 2.53 bits per heavy atom. The van der Waals surface area contributed by atoms with Crippen molar-refractivity contribution in [3.63, 3.8) is 0 Å². The number of para-hydroxylation sites is 1. The minimum absolute atomic E-state index is 0.311. The van der Waals surface area contributed by atoms with Crippen LogP contribution in [-0.4, -0.2) is 15.6 Å². The van der Waals surface area contributed by atoms with E-state index in [2.05, 4.69) is 0 Å². The van der Waals surface area contributed by atoms with Crippen LogP contribution in [-0.2, 0) is 7.05 Å². The maximum absolute atomic E-state index is 11.1. The van der Waals surface area contributed by atoms with Gasteiger partial charge in [-0.05, 0) is 18.6 Å². The summed E-state index contributed by atoms with van der Waals surface area (Å²) in [6.45, 7) is 1.80. The highest BCUT2D eigenvalue weighted by Crippen LogP contribution is 2.30. The number of aromatic carboxylic acids is 1. The second kappa shape index (κ2) is 3.97. The van der Waals surface area contributed by atoms with E-state index in [4.69, 9.17) is 10.8 Å². The van der Waals surface area contributed by atoms with Crippen LogP contribution in [0.4, 0.5) is 5.69 Å². The van der Waals surface area contributed by atoms with Crippen LogP contribution in [0, 0.1) is 6.92 Å². The molecule has 1 aromatic carbocycles. The number of hydrogen-bond acceptors (Lipinski definition) is 2. The van der Waals surface area contributed by atoms with Crippen molar-refractivity contribution in [2.24, 2.45) is 7.05 Å².